The highest BCUT2D eigenvalue weighted by Gasteiger charge is 2.14. The van der Waals surface area contributed by atoms with Crippen LogP contribution in [-0.4, -0.2) is 36.2 Å². The van der Waals surface area contributed by atoms with Gasteiger partial charge in [0.2, 0.25) is 5.91 Å². The molecule has 0 saturated heterocycles. The van der Waals surface area contributed by atoms with E-state index in [0.29, 0.717) is 24.7 Å². The smallest absolute Gasteiger partial charge is 0.407 e. The Labute approximate surface area is 121 Å². The van der Waals surface area contributed by atoms with Crippen LogP contribution in [0, 0.1) is 0 Å². The first-order valence-electron chi connectivity index (χ1n) is 6.50. The van der Waals surface area contributed by atoms with E-state index in [9.17, 15) is 9.59 Å². The van der Waals surface area contributed by atoms with Crippen molar-refractivity contribution >= 4 is 28.5 Å². The quantitative estimate of drug-likeness (QED) is 0.628. The number of carbonyl (C=O) groups excluding carboxylic acids is 2. The summed E-state index contributed by atoms with van der Waals surface area (Å²) >= 11 is 1.35. The van der Waals surface area contributed by atoms with E-state index in [0.717, 1.165) is 12.8 Å². The molecule has 1 heterocycles. The number of anilines is 1. The Morgan fingerprint density at radius 1 is 1.50 bits per heavy atom. The maximum atomic E-state index is 11.7. The van der Waals surface area contributed by atoms with Crippen molar-refractivity contribution in [3.8, 4) is 0 Å². The SMILES string of the molecule is CCOC(=O)NCCCC[C@H](N)C(=O)Nc1nccs1. The predicted octanol–water partition coefficient (Wildman–Crippen LogP) is 1.33. The number of ether oxygens (including phenoxy) is 1. The zero-order valence-corrected chi connectivity index (χ0v) is 12.2. The van der Waals surface area contributed by atoms with Crippen LogP contribution in [0.15, 0.2) is 11.6 Å². The summed E-state index contributed by atoms with van der Waals surface area (Å²) in [5, 5.41) is 7.59. The lowest BCUT2D eigenvalue weighted by Gasteiger charge is -2.10. The Balaban J connectivity index is 2.09. The molecule has 0 aliphatic carbocycles. The normalized spacial score (nSPS) is 11.7. The predicted molar refractivity (Wildman–Crippen MR) is 77.6 cm³/mol. The van der Waals surface area contributed by atoms with Crippen molar-refractivity contribution in [2.75, 3.05) is 18.5 Å². The molecule has 1 aromatic rings. The Morgan fingerprint density at radius 2 is 2.30 bits per heavy atom. The van der Waals surface area contributed by atoms with Crippen molar-refractivity contribution in [1.82, 2.24) is 10.3 Å². The Kier molecular flexibility index (Phi) is 7.59. The first-order chi connectivity index (χ1) is 9.63. The molecule has 1 aromatic heterocycles. The van der Waals surface area contributed by atoms with Gasteiger partial charge in [0.15, 0.2) is 5.13 Å². The third kappa shape index (κ3) is 6.48. The number of nitrogens with one attached hydrogen (secondary N) is 2. The molecule has 0 fully saturated rings. The average molecular weight is 300 g/mol. The molecule has 20 heavy (non-hydrogen) atoms. The van der Waals surface area contributed by atoms with Gasteiger partial charge in [-0.1, -0.05) is 0 Å². The van der Waals surface area contributed by atoms with Gasteiger partial charge in [0.1, 0.15) is 0 Å². The summed E-state index contributed by atoms with van der Waals surface area (Å²) in [6.45, 7) is 2.62. The van der Waals surface area contributed by atoms with E-state index in [1.807, 2.05) is 0 Å². The van der Waals surface area contributed by atoms with Crippen molar-refractivity contribution in [2.45, 2.75) is 32.2 Å². The van der Waals surface area contributed by atoms with Crippen LogP contribution in [0.4, 0.5) is 9.93 Å². The zero-order valence-electron chi connectivity index (χ0n) is 11.4. The molecule has 8 heteroatoms. The van der Waals surface area contributed by atoms with E-state index < -0.39 is 12.1 Å². The summed E-state index contributed by atoms with van der Waals surface area (Å²) in [5.74, 6) is -0.238. The van der Waals surface area contributed by atoms with Gasteiger partial charge in [0, 0.05) is 18.1 Å². The Bertz CT molecular complexity index is 411. The van der Waals surface area contributed by atoms with Gasteiger partial charge in [-0.3, -0.25) is 4.79 Å². The molecule has 0 aliphatic heterocycles. The molecule has 2 amide bonds. The summed E-state index contributed by atoms with van der Waals surface area (Å²) in [6.07, 6.45) is 3.25. The number of amides is 2. The van der Waals surface area contributed by atoms with Gasteiger partial charge in [-0.05, 0) is 26.2 Å². The van der Waals surface area contributed by atoms with Crippen LogP contribution in [-0.2, 0) is 9.53 Å². The van der Waals surface area contributed by atoms with Crippen LogP contribution >= 0.6 is 11.3 Å². The van der Waals surface area contributed by atoms with Gasteiger partial charge >= 0.3 is 6.09 Å². The van der Waals surface area contributed by atoms with Crippen LogP contribution in [0.5, 0.6) is 0 Å². The highest BCUT2D eigenvalue weighted by molar-refractivity contribution is 7.13. The lowest BCUT2D eigenvalue weighted by atomic mass is 10.1. The summed E-state index contributed by atoms with van der Waals surface area (Å²) in [4.78, 5) is 26.7. The van der Waals surface area contributed by atoms with Crippen LogP contribution in [0.25, 0.3) is 0 Å². The van der Waals surface area contributed by atoms with Crippen molar-refractivity contribution < 1.29 is 14.3 Å². The molecule has 112 valence electrons. The highest BCUT2D eigenvalue weighted by atomic mass is 32.1. The van der Waals surface area contributed by atoms with E-state index in [-0.39, 0.29) is 5.91 Å². The molecular formula is C12H20N4O3S. The number of thiazole rings is 1. The van der Waals surface area contributed by atoms with Gasteiger partial charge in [-0.25, -0.2) is 9.78 Å². The number of alkyl carbamates (subject to hydrolysis) is 1. The van der Waals surface area contributed by atoms with Gasteiger partial charge in [0.25, 0.3) is 0 Å². The molecule has 0 radical (unpaired) electrons. The van der Waals surface area contributed by atoms with Gasteiger partial charge in [0.05, 0.1) is 12.6 Å². The van der Waals surface area contributed by atoms with E-state index in [2.05, 4.69) is 15.6 Å². The summed E-state index contributed by atoms with van der Waals surface area (Å²) in [5.41, 5.74) is 5.78. The third-order valence-corrected chi connectivity index (χ3v) is 3.17. The molecule has 0 unspecified atom stereocenters. The lowest BCUT2D eigenvalue weighted by molar-refractivity contribution is -0.117. The summed E-state index contributed by atoms with van der Waals surface area (Å²) < 4.78 is 4.72. The van der Waals surface area contributed by atoms with Crippen molar-refractivity contribution in [1.29, 1.82) is 0 Å². The number of nitrogens with zero attached hydrogens (tertiary/aromatic N) is 1. The molecule has 7 nitrogen and oxygen atoms in total. The van der Waals surface area contributed by atoms with Crippen molar-refractivity contribution in [3.63, 3.8) is 0 Å². The van der Waals surface area contributed by atoms with Crippen LogP contribution in [0.2, 0.25) is 0 Å². The second kappa shape index (κ2) is 9.27. The molecule has 0 saturated carbocycles. The van der Waals surface area contributed by atoms with Crippen LogP contribution in [0.1, 0.15) is 26.2 Å². The Hall–Kier alpha value is -1.67. The molecule has 1 rings (SSSR count). The van der Waals surface area contributed by atoms with Gasteiger partial charge in [-0.2, -0.15) is 0 Å². The van der Waals surface area contributed by atoms with Crippen molar-refractivity contribution in [3.05, 3.63) is 11.6 Å². The molecular weight excluding hydrogens is 280 g/mol. The fraction of sp³-hybridized carbons (Fsp3) is 0.583. The van der Waals surface area contributed by atoms with Gasteiger partial charge < -0.3 is 21.1 Å². The minimum atomic E-state index is -0.568. The molecule has 1 atom stereocenters. The number of hydrogen-bond acceptors (Lipinski definition) is 6. The van der Waals surface area contributed by atoms with E-state index >= 15 is 0 Å². The maximum absolute atomic E-state index is 11.7. The number of nitrogens with two attached hydrogens (primary N) is 1. The summed E-state index contributed by atoms with van der Waals surface area (Å²) in [6, 6.07) is -0.568. The molecule has 0 aliphatic rings. The fourth-order valence-electron chi connectivity index (χ4n) is 1.48. The standard InChI is InChI=1S/C12H20N4O3S/c1-2-19-12(18)15-6-4-3-5-9(13)10(17)16-11-14-7-8-20-11/h7-9H,2-6,13H2,1H3,(H,15,18)(H,14,16,17)/t9-/m0/s1. The minimum absolute atomic E-state index is 0.238. The van der Waals surface area contributed by atoms with E-state index in [1.54, 1.807) is 18.5 Å². The monoisotopic (exact) mass is 300 g/mol. The zero-order chi connectivity index (χ0) is 14.8. The molecule has 4 N–H and O–H groups in total. The second-order valence-corrected chi connectivity index (χ2v) is 4.97. The highest BCUT2D eigenvalue weighted by Crippen LogP contribution is 2.11. The number of unbranched alkanes of at least 4 members (excludes halogenated alkanes) is 1. The van der Waals surface area contributed by atoms with Crippen molar-refractivity contribution in [2.24, 2.45) is 5.73 Å². The minimum Gasteiger partial charge on any atom is -0.450 e. The topological polar surface area (TPSA) is 106 Å². The molecule has 0 bridgehead atoms. The first-order valence-corrected chi connectivity index (χ1v) is 7.38. The average Bonchev–Trinajstić information content (AvgIpc) is 2.91. The number of carbonyl (C=O) groups is 2. The first kappa shape index (κ1) is 16.4. The van der Waals surface area contributed by atoms with Gasteiger partial charge in [-0.15, -0.1) is 11.3 Å². The largest absolute Gasteiger partial charge is 0.450 e. The summed E-state index contributed by atoms with van der Waals surface area (Å²) in [7, 11) is 0. The maximum Gasteiger partial charge on any atom is 0.407 e. The molecule has 0 spiro atoms. The number of hydrogen-bond donors (Lipinski definition) is 3. The lowest BCUT2D eigenvalue weighted by Crippen LogP contribution is -2.35. The number of aromatic nitrogens is 1. The fourth-order valence-corrected chi connectivity index (χ4v) is 2.01. The second-order valence-electron chi connectivity index (χ2n) is 4.08. The third-order valence-electron chi connectivity index (χ3n) is 2.49. The number of rotatable bonds is 8. The van der Waals surface area contributed by atoms with E-state index in [4.69, 9.17) is 10.5 Å². The molecule has 0 aromatic carbocycles. The van der Waals surface area contributed by atoms with E-state index in [1.165, 1.54) is 11.3 Å². The van der Waals surface area contributed by atoms with Crippen LogP contribution < -0.4 is 16.4 Å². The van der Waals surface area contributed by atoms with Crippen LogP contribution in [0.3, 0.4) is 0 Å². The Morgan fingerprint density at radius 3 is 2.95 bits per heavy atom.